The van der Waals surface area contributed by atoms with Gasteiger partial charge in [0.05, 0.1) is 5.69 Å². The molecule has 0 fully saturated rings. The van der Waals surface area contributed by atoms with E-state index in [0.29, 0.717) is 0 Å². The molecule has 6 nitrogen and oxygen atoms in total. The monoisotopic (exact) mass is 473 g/mol. The number of likely N-dealkylation sites (N-methyl/N-ethyl adjacent to an activating group) is 1. The molecule has 176 valence electrons. The van der Waals surface area contributed by atoms with Gasteiger partial charge < -0.3 is 15.5 Å². The highest BCUT2D eigenvalue weighted by molar-refractivity contribution is 7.14. The molecule has 1 aliphatic rings. The molecule has 0 unspecified atom stereocenters. The van der Waals surface area contributed by atoms with E-state index in [-0.39, 0.29) is 0 Å². The van der Waals surface area contributed by atoms with Crippen molar-refractivity contribution in [1.29, 1.82) is 0 Å². The molecule has 0 spiro atoms. The van der Waals surface area contributed by atoms with E-state index in [1.807, 2.05) is 74.9 Å². The molecule has 0 saturated carbocycles. The lowest BCUT2D eigenvalue weighted by molar-refractivity contribution is 0.112. The quantitative estimate of drug-likeness (QED) is 0.439. The van der Waals surface area contributed by atoms with Gasteiger partial charge in [-0.2, -0.15) is 0 Å². The number of carbonyl (C=O) groups excluding carboxylic acids is 1. The van der Waals surface area contributed by atoms with Gasteiger partial charge in [-0.05, 0) is 49.8 Å². The Hall–Kier alpha value is -3.71. The highest BCUT2D eigenvalue weighted by Gasteiger charge is 2.09. The van der Waals surface area contributed by atoms with Gasteiger partial charge >= 0.3 is 0 Å². The molecular formula is C27H31N5OS. The van der Waals surface area contributed by atoms with Crippen LogP contribution in [0.2, 0.25) is 0 Å². The molecule has 2 N–H and O–H groups in total. The standard InChI is InChI=1S/C17H18N4S.C10H13NO/c1-12-5-6-14(18-2)9-15(8-12)20-17-21-16(11-22-17)13-4-3-7-19-10-13;1-8-4-5-9(7-12)6-10(8)11(2)3/h3-7,9-11,18H,8H2,1-2H3,(H,20,21);4-7H,1-3H3. The minimum Gasteiger partial charge on any atom is -0.388 e. The summed E-state index contributed by atoms with van der Waals surface area (Å²) in [7, 11) is 5.87. The molecule has 0 saturated heterocycles. The summed E-state index contributed by atoms with van der Waals surface area (Å²) < 4.78 is 0. The van der Waals surface area contributed by atoms with Crippen molar-refractivity contribution in [2.24, 2.45) is 0 Å². The second kappa shape index (κ2) is 12.0. The molecule has 1 aliphatic carbocycles. The third-order valence-electron chi connectivity index (χ3n) is 5.22. The van der Waals surface area contributed by atoms with Crippen LogP contribution in [0.3, 0.4) is 0 Å². The van der Waals surface area contributed by atoms with Crippen LogP contribution >= 0.6 is 11.3 Å². The number of aryl methyl sites for hydroxylation is 1. The Kier molecular flexibility index (Phi) is 8.76. The molecule has 2 aromatic heterocycles. The highest BCUT2D eigenvalue weighted by atomic mass is 32.1. The average Bonchev–Trinajstić information content (AvgIpc) is 3.23. The van der Waals surface area contributed by atoms with Crippen LogP contribution in [0, 0.1) is 6.92 Å². The first-order valence-corrected chi connectivity index (χ1v) is 11.9. The lowest BCUT2D eigenvalue weighted by Gasteiger charge is -2.15. The lowest BCUT2D eigenvalue weighted by atomic mass is 10.1. The van der Waals surface area contributed by atoms with Crippen molar-refractivity contribution in [3.05, 3.63) is 94.4 Å². The predicted octanol–water partition coefficient (Wildman–Crippen LogP) is 5.83. The van der Waals surface area contributed by atoms with Gasteiger partial charge in [-0.1, -0.05) is 23.8 Å². The Morgan fingerprint density at radius 1 is 1.15 bits per heavy atom. The molecule has 0 amide bonds. The number of nitrogens with one attached hydrogen (secondary N) is 2. The molecule has 0 bridgehead atoms. The summed E-state index contributed by atoms with van der Waals surface area (Å²) >= 11 is 1.60. The van der Waals surface area contributed by atoms with E-state index in [1.165, 1.54) is 11.1 Å². The first-order chi connectivity index (χ1) is 16.4. The second-order valence-corrected chi connectivity index (χ2v) is 9.05. The van der Waals surface area contributed by atoms with Gasteiger partial charge in [0.1, 0.15) is 6.29 Å². The fourth-order valence-electron chi connectivity index (χ4n) is 3.41. The summed E-state index contributed by atoms with van der Waals surface area (Å²) in [5.41, 5.74) is 8.53. The Labute approximate surface area is 205 Å². The zero-order valence-corrected chi connectivity index (χ0v) is 21.1. The summed E-state index contributed by atoms with van der Waals surface area (Å²) in [6, 6.07) is 9.62. The maximum absolute atomic E-state index is 10.5. The zero-order chi connectivity index (χ0) is 24.5. The number of pyridine rings is 1. The molecule has 0 atom stereocenters. The van der Waals surface area contributed by atoms with E-state index in [1.54, 1.807) is 17.5 Å². The number of benzene rings is 1. The largest absolute Gasteiger partial charge is 0.388 e. The number of carbonyl (C=O) groups is 1. The van der Waals surface area contributed by atoms with Gasteiger partial charge in [0.15, 0.2) is 5.13 Å². The van der Waals surface area contributed by atoms with Crippen LogP contribution in [0.5, 0.6) is 0 Å². The molecule has 0 radical (unpaired) electrons. The minimum absolute atomic E-state index is 0.726. The fourth-order valence-corrected chi connectivity index (χ4v) is 4.16. The minimum atomic E-state index is 0.726. The Balaban J connectivity index is 0.000000229. The summed E-state index contributed by atoms with van der Waals surface area (Å²) in [6.07, 6.45) is 11.7. The maximum Gasteiger partial charge on any atom is 0.187 e. The van der Waals surface area contributed by atoms with E-state index in [2.05, 4.69) is 45.8 Å². The second-order valence-electron chi connectivity index (χ2n) is 8.19. The first kappa shape index (κ1) is 24.9. The number of aromatic nitrogens is 2. The number of aldehydes is 1. The van der Waals surface area contributed by atoms with Gasteiger partial charge in [0.2, 0.25) is 0 Å². The van der Waals surface area contributed by atoms with Gasteiger partial charge in [-0.3, -0.25) is 9.78 Å². The number of rotatable bonds is 6. The first-order valence-electron chi connectivity index (χ1n) is 11.0. The molecule has 34 heavy (non-hydrogen) atoms. The van der Waals surface area contributed by atoms with E-state index in [0.717, 1.165) is 51.7 Å². The van der Waals surface area contributed by atoms with Crippen LogP contribution in [-0.2, 0) is 0 Å². The van der Waals surface area contributed by atoms with Crippen LogP contribution in [0.15, 0.2) is 83.3 Å². The summed E-state index contributed by atoms with van der Waals surface area (Å²) in [4.78, 5) is 21.3. The zero-order valence-electron chi connectivity index (χ0n) is 20.3. The summed E-state index contributed by atoms with van der Waals surface area (Å²) in [5, 5.41) is 9.57. The predicted molar refractivity (Wildman–Crippen MR) is 143 cm³/mol. The Bertz CT molecular complexity index is 1210. The van der Waals surface area contributed by atoms with Crippen molar-refractivity contribution in [2.75, 3.05) is 31.4 Å². The topological polar surface area (TPSA) is 70.1 Å². The number of thiazole rings is 1. The maximum atomic E-state index is 10.5. The third-order valence-corrected chi connectivity index (χ3v) is 5.97. The van der Waals surface area contributed by atoms with Crippen molar-refractivity contribution < 1.29 is 4.79 Å². The number of allylic oxidation sites excluding steroid dienone is 4. The molecule has 3 aromatic rings. The van der Waals surface area contributed by atoms with Gasteiger partial charge in [-0.25, -0.2) is 4.98 Å². The molecule has 2 heterocycles. The van der Waals surface area contributed by atoms with Gasteiger partial charge in [-0.15, -0.1) is 11.3 Å². The van der Waals surface area contributed by atoms with Gasteiger partial charge in [0.25, 0.3) is 0 Å². The van der Waals surface area contributed by atoms with Crippen LogP contribution in [0.1, 0.15) is 29.3 Å². The van der Waals surface area contributed by atoms with Crippen LogP contribution in [-0.4, -0.2) is 37.4 Å². The normalized spacial score (nSPS) is 12.8. The van der Waals surface area contributed by atoms with Crippen LogP contribution < -0.4 is 15.5 Å². The molecule has 1 aromatic carbocycles. The van der Waals surface area contributed by atoms with Crippen molar-refractivity contribution in [2.45, 2.75) is 20.3 Å². The van der Waals surface area contributed by atoms with E-state index in [4.69, 9.17) is 0 Å². The van der Waals surface area contributed by atoms with Crippen molar-refractivity contribution >= 4 is 28.4 Å². The lowest BCUT2D eigenvalue weighted by Crippen LogP contribution is -2.10. The molecule has 4 rings (SSSR count). The number of nitrogens with zero attached hydrogens (tertiary/aromatic N) is 3. The fraction of sp³-hybridized carbons (Fsp3) is 0.222. The average molecular weight is 474 g/mol. The highest BCUT2D eigenvalue weighted by Crippen LogP contribution is 2.27. The molecule has 0 aliphatic heterocycles. The Morgan fingerprint density at radius 2 is 1.97 bits per heavy atom. The third kappa shape index (κ3) is 6.89. The Morgan fingerprint density at radius 3 is 2.65 bits per heavy atom. The van der Waals surface area contributed by atoms with E-state index >= 15 is 0 Å². The van der Waals surface area contributed by atoms with Gasteiger partial charge in [0, 0.05) is 73.5 Å². The van der Waals surface area contributed by atoms with Crippen molar-refractivity contribution in [1.82, 2.24) is 15.3 Å². The SMILES string of the molecule is CNC1=CC=C(C)CC(Nc2nc(-c3cccnc3)cs2)=C1.Cc1ccc(C=O)cc1N(C)C. The van der Waals surface area contributed by atoms with Crippen molar-refractivity contribution in [3.63, 3.8) is 0 Å². The van der Waals surface area contributed by atoms with Crippen LogP contribution in [0.25, 0.3) is 11.3 Å². The summed E-state index contributed by atoms with van der Waals surface area (Å²) in [6.45, 7) is 4.16. The van der Waals surface area contributed by atoms with Crippen molar-refractivity contribution in [3.8, 4) is 11.3 Å². The van der Waals surface area contributed by atoms with Crippen LogP contribution in [0.4, 0.5) is 10.8 Å². The smallest absolute Gasteiger partial charge is 0.187 e. The molecule has 7 heteroatoms. The molecular weight excluding hydrogens is 442 g/mol. The van der Waals surface area contributed by atoms with E-state index < -0.39 is 0 Å². The van der Waals surface area contributed by atoms with E-state index in [9.17, 15) is 4.79 Å². The number of anilines is 2. The number of hydrogen-bond donors (Lipinski definition) is 2. The number of hydrogen-bond acceptors (Lipinski definition) is 7. The summed E-state index contributed by atoms with van der Waals surface area (Å²) in [5.74, 6) is 0.